The van der Waals surface area contributed by atoms with Gasteiger partial charge >= 0.3 is 0 Å². The molecular weight excluding hydrogens is 454 g/mol. The highest BCUT2D eigenvalue weighted by atomic mass is 79.9. The highest BCUT2D eigenvalue weighted by molar-refractivity contribution is 9.10. The Bertz CT molecular complexity index is 1790. The number of hydrogen-bond acceptors (Lipinski definition) is 0. The van der Waals surface area contributed by atoms with E-state index in [2.05, 4.69) is 130 Å². The van der Waals surface area contributed by atoms with Crippen molar-refractivity contribution in [3.05, 3.63) is 114 Å². The standard InChI is InChI=1S/C30H18BrN/c31-19-14-17-28-27(18-19)26-16-15-25-23-12-5-4-10-21(23)22-11-6-7-13-24(22)29(25)30(26)32(28)20-8-2-1-3-9-20/h1-18H. The summed E-state index contributed by atoms with van der Waals surface area (Å²) in [6, 6.07) is 39.5. The molecule has 0 saturated heterocycles. The second-order valence-electron chi connectivity index (χ2n) is 8.31. The average molecular weight is 472 g/mol. The third-order valence-corrected chi connectivity index (χ3v) is 7.10. The number of benzene rings is 6. The molecule has 0 bridgehead atoms. The smallest absolute Gasteiger partial charge is 0.0625 e. The van der Waals surface area contributed by atoms with Crippen LogP contribution in [-0.2, 0) is 0 Å². The van der Waals surface area contributed by atoms with Crippen molar-refractivity contribution in [2.75, 3.05) is 0 Å². The van der Waals surface area contributed by atoms with Crippen molar-refractivity contribution < 1.29 is 0 Å². The Labute approximate surface area is 193 Å². The molecule has 0 N–H and O–H groups in total. The van der Waals surface area contributed by atoms with Crippen LogP contribution in [0.5, 0.6) is 0 Å². The van der Waals surface area contributed by atoms with Gasteiger partial charge in [-0.05, 0) is 57.3 Å². The molecule has 1 nitrogen and oxygen atoms in total. The van der Waals surface area contributed by atoms with Crippen LogP contribution in [0.3, 0.4) is 0 Å². The lowest BCUT2D eigenvalue weighted by molar-refractivity contribution is 1.19. The Morgan fingerprint density at radius 2 is 1.03 bits per heavy atom. The van der Waals surface area contributed by atoms with E-state index in [0.717, 1.165) is 4.47 Å². The molecule has 32 heavy (non-hydrogen) atoms. The quantitative estimate of drug-likeness (QED) is 0.210. The first-order valence-corrected chi connectivity index (χ1v) is 11.6. The average Bonchev–Trinajstić information content (AvgIpc) is 3.18. The Balaban J connectivity index is 1.86. The summed E-state index contributed by atoms with van der Waals surface area (Å²) >= 11 is 3.70. The van der Waals surface area contributed by atoms with E-state index in [1.54, 1.807) is 0 Å². The first-order chi connectivity index (χ1) is 15.8. The van der Waals surface area contributed by atoms with Crippen LogP contribution in [0.1, 0.15) is 0 Å². The summed E-state index contributed by atoms with van der Waals surface area (Å²) < 4.78 is 3.53. The molecule has 150 valence electrons. The fraction of sp³-hybridized carbons (Fsp3) is 0. The lowest BCUT2D eigenvalue weighted by Crippen LogP contribution is -1.94. The minimum absolute atomic E-state index is 1.10. The number of aromatic nitrogens is 1. The Hall–Kier alpha value is -3.62. The second kappa shape index (κ2) is 6.69. The molecular formula is C30H18BrN. The molecule has 0 saturated carbocycles. The summed E-state index contributed by atoms with van der Waals surface area (Å²) in [4.78, 5) is 0. The van der Waals surface area contributed by atoms with Crippen LogP contribution in [-0.4, -0.2) is 4.57 Å². The number of nitrogens with zero attached hydrogens (tertiary/aromatic N) is 1. The summed E-state index contributed by atoms with van der Waals surface area (Å²) in [6.07, 6.45) is 0. The van der Waals surface area contributed by atoms with Crippen LogP contribution in [0.15, 0.2) is 114 Å². The van der Waals surface area contributed by atoms with E-state index in [1.807, 2.05) is 0 Å². The zero-order valence-electron chi connectivity index (χ0n) is 17.2. The van der Waals surface area contributed by atoms with E-state index < -0.39 is 0 Å². The topological polar surface area (TPSA) is 4.93 Å². The van der Waals surface area contributed by atoms with Crippen molar-refractivity contribution in [2.24, 2.45) is 0 Å². The molecule has 7 rings (SSSR count). The van der Waals surface area contributed by atoms with Gasteiger partial charge in [-0.25, -0.2) is 0 Å². The highest BCUT2D eigenvalue weighted by Crippen LogP contribution is 2.43. The lowest BCUT2D eigenvalue weighted by Gasteiger charge is -2.14. The molecule has 0 radical (unpaired) electrons. The van der Waals surface area contributed by atoms with Gasteiger partial charge in [-0.3, -0.25) is 0 Å². The fourth-order valence-corrected chi connectivity index (χ4v) is 5.67. The summed E-state index contributed by atoms with van der Waals surface area (Å²) in [5.74, 6) is 0. The first-order valence-electron chi connectivity index (χ1n) is 10.8. The van der Waals surface area contributed by atoms with Gasteiger partial charge in [0.1, 0.15) is 0 Å². The molecule has 1 heterocycles. The van der Waals surface area contributed by atoms with Gasteiger partial charge in [0.2, 0.25) is 0 Å². The minimum Gasteiger partial charge on any atom is -0.309 e. The van der Waals surface area contributed by atoms with E-state index in [-0.39, 0.29) is 0 Å². The molecule has 0 amide bonds. The zero-order valence-corrected chi connectivity index (χ0v) is 18.8. The molecule has 1 aromatic heterocycles. The molecule has 0 unspecified atom stereocenters. The van der Waals surface area contributed by atoms with Gasteiger partial charge in [-0.2, -0.15) is 0 Å². The molecule has 0 aliphatic heterocycles. The van der Waals surface area contributed by atoms with Gasteiger partial charge in [0.15, 0.2) is 0 Å². The predicted molar refractivity (Wildman–Crippen MR) is 141 cm³/mol. The van der Waals surface area contributed by atoms with Crippen molar-refractivity contribution in [3.8, 4) is 5.69 Å². The van der Waals surface area contributed by atoms with Crippen LogP contribution < -0.4 is 0 Å². The van der Waals surface area contributed by atoms with Crippen molar-refractivity contribution in [3.63, 3.8) is 0 Å². The normalized spacial score (nSPS) is 11.9. The van der Waals surface area contributed by atoms with Gasteiger partial charge in [-0.15, -0.1) is 0 Å². The summed E-state index contributed by atoms with van der Waals surface area (Å²) in [6.45, 7) is 0. The van der Waals surface area contributed by atoms with E-state index in [4.69, 9.17) is 0 Å². The second-order valence-corrected chi connectivity index (χ2v) is 9.22. The van der Waals surface area contributed by atoms with Gasteiger partial charge in [0.25, 0.3) is 0 Å². The SMILES string of the molecule is Brc1ccc2c(c1)c1ccc3c4ccccc4c4ccccc4c3c1n2-c1ccccc1. The van der Waals surface area contributed by atoms with Gasteiger partial charge < -0.3 is 4.57 Å². The molecule has 7 aromatic rings. The maximum absolute atomic E-state index is 3.70. The van der Waals surface area contributed by atoms with E-state index in [9.17, 15) is 0 Å². The molecule has 0 spiro atoms. The Kier molecular flexibility index (Phi) is 3.76. The molecule has 6 aromatic carbocycles. The predicted octanol–water partition coefficient (Wildman–Crippen LogP) is 9.01. The van der Waals surface area contributed by atoms with Crippen LogP contribution in [0.25, 0.3) is 59.8 Å². The third-order valence-electron chi connectivity index (χ3n) is 6.61. The minimum atomic E-state index is 1.10. The number of halogens is 1. The van der Waals surface area contributed by atoms with Gasteiger partial charge in [-0.1, -0.05) is 94.8 Å². The van der Waals surface area contributed by atoms with E-state index >= 15 is 0 Å². The monoisotopic (exact) mass is 471 g/mol. The van der Waals surface area contributed by atoms with Crippen LogP contribution >= 0.6 is 15.9 Å². The third kappa shape index (κ3) is 2.39. The fourth-order valence-electron chi connectivity index (χ4n) is 5.31. The maximum atomic E-state index is 3.70. The van der Waals surface area contributed by atoms with Crippen molar-refractivity contribution in [1.29, 1.82) is 0 Å². The zero-order chi connectivity index (χ0) is 21.2. The molecule has 0 aliphatic rings. The van der Waals surface area contributed by atoms with Crippen molar-refractivity contribution >= 4 is 70.1 Å². The van der Waals surface area contributed by atoms with Crippen molar-refractivity contribution in [1.82, 2.24) is 4.57 Å². The Morgan fingerprint density at radius 3 is 1.75 bits per heavy atom. The van der Waals surface area contributed by atoms with Gasteiger partial charge in [0.05, 0.1) is 11.0 Å². The highest BCUT2D eigenvalue weighted by Gasteiger charge is 2.18. The first kappa shape index (κ1) is 18.0. The van der Waals surface area contributed by atoms with Gasteiger partial charge in [0, 0.05) is 26.3 Å². The molecule has 0 atom stereocenters. The summed E-state index contributed by atoms with van der Waals surface area (Å²) in [5.41, 5.74) is 3.67. The maximum Gasteiger partial charge on any atom is 0.0625 e. The summed E-state index contributed by atoms with van der Waals surface area (Å²) in [5, 5.41) is 10.4. The number of para-hydroxylation sites is 1. The van der Waals surface area contributed by atoms with E-state index in [0.29, 0.717) is 0 Å². The molecule has 0 fully saturated rings. The lowest BCUT2D eigenvalue weighted by atomic mass is 9.93. The van der Waals surface area contributed by atoms with Crippen molar-refractivity contribution in [2.45, 2.75) is 0 Å². The summed E-state index contributed by atoms with van der Waals surface area (Å²) in [7, 11) is 0. The largest absolute Gasteiger partial charge is 0.309 e. The van der Waals surface area contributed by atoms with Crippen LogP contribution in [0.4, 0.5) is 0 Å². The number of hydrogen-bond donors (Lipinski definition) is 0. The van der Waals surface area contributed by atoms with E-state index in [1.165, 1.54) is 59.8 Å². The van der Waals surface area contributed by atoms with Crippen LogP contribution in [0.2, 0.25) is 0 Å². The Morgan fingerprint density at radius 1 is 0.469 bits per heavy atom. The molecule has 2 heteroatoms. The molecule has 0 aliphatic carbocycles. The number of rotatable bonds is 1. The number of fused-ring (bicyclic) bond motifs is 10. The van der Waals surface area contributed by atoms with Crippen LogP contribution in [0, 0.1) is 0 Å².